The summed E-state index contributed by atoms with van der Waals surface area (Å²) >= 11 is 3.51. The first-order chi connectivity index (χ1) is 13.1. The molecule has 0 fully saturated rings. The van der Waals surface area contributed by atoms with Gasteiger partial charge in [-0.05, 0) is 48.4 Å². The summed E-state index contributed by atoms with van der Waals surface area (Å²) in [5.74, 6) is 0.366. The van der Waals surface area contributed by atoms with Gasteiger partial charge in [-0.25, -0.2) is 0 Å². The summed E-state index contributed by atoms with van der Waals surface area (Å²) in [4.78, 5) is 16.8. The smallest absolute Gasteiger partial charge is 0.167 e. The second kappa shape index (κ2) is 8.61. The molecule has 4 nitrogen and oxygen atoms in total. The first-order valence-corrected chi connectivity index (χ1v) is 9.20. The molecule has 0 N–H and O–H groups in total. The Labute approximate surface area is 166 Å². The van der Waals surface area contributed by atoms with E-state index in [0.717, 1.165) is 21.2 Å². The number of ether oxygens (including phenoxy) is 1. The Bertz CT molecular complexity index is 1010. The molecule has 0 spiro atoms. The Morgan fingerprint density at radius 3 is 2.78 bits per heavy atom. The molecule has 0 amide bonds. The largest absolute Gasteiger partial charge is 0.487 e. The quantitative estimate of drug-likeness (QED) is 0.524. The van der Waals surface area contributed by atoms with Gasteiger partial charge in [0.05, 0.1) is 5.56 Å². The van der Waals surface area contributed by atoms with Crippen LogP contribution in [0.2, 0.25) is 0 Å². The van der Waals surface area contributed by atoms with Crippen LogP contribution >= 0.6 is 15.9 Å². The molecule has 3 rings (SSSR count). The average Bonchev–Trinajstić information content (AvgIpc) is 2.69. The summed E-state index contributed by atoms with van der Waals surface area (Å²) in [6, 6.07) is 16.7. The summed E-state index contributed by atoms with van der Waals surface area (Å²) in [6.07, 6.45) is 3.66. The number of aryl methyl sites for hydroxylation is 1. The zero-order valence-electron chi connectivity index (χ0n) is 14.8. The SMILES string of the molecule is Cc1ccc(CC(=O)c2ccc(C#N)c(OCc3cccnc3)c2)c(Br)c1. The lowest BCUT2D eigenvalue weighted by atomic mass is 10.0. The molecule has 0 bridgehead atoms. The maximum Gasteiger partial charge on any atom is 0.167 e. The van der Waals surface area contributed by atoms with Gasteiger partial charge in [-0.3, -0.25) is 9.78 Å². The monoisotopic (exact) mass is 420 g/mol. The van der Waals surface area contributed by atoms with E-state index >= 15 is 0 Å². The normalized spacial score (nSPS) is 10.3. The van der Waals surface area contributed by atoms with E-state index in [1.807, 2.05) is 37.3 Å². The lowest BCUT2D eigenvalue weighted by Gasteiger charge is -2.10. The second-order valence-electron chi connectivity index (χ2n) is 6.17. The maximum atomic E-state index is 12.7. The van der Waals surface area contributed by atoms with Gasteiger partial charge in [0.25, 0.3) is 0 Å². The maximum absolute atomic E-state index is 12.7. The number of hydrogen-bond donors (Lipinski definition) is 0. The Balaban J connectivity index is 1.79. The molecule has 0 aliphatic heterocycles. The fourth-order valence-corrected chi connectivity index (χ4v) is 3.26. The van der Waals surface area contributed by atoms with Crippen molar-refractivity contribution >= 4 is 21.7 Å². The van der Waals surface area contributed by atoms with Crippen molar-refractivity contribution in [2.75, 3.05) is 0 Å². The van der Waals surface area contributed by atoms with Crippen LogP contribution in [0.1, 0.15) is 32.6 Å². The zero-order valence-corrected chi connectivity index (χ0v) is 16.4. The molecule has 0 aliphatic rings. The molecule has 1 aromatic heterocycles. The number of pyridine rings is 1. The number of ketones is 1. The topological polar surface area (TPSA) is 63.0 Å². The average molecular weight is 421 g/mol. The summed E-state index contributed by atoms with van der Waals surface area (Å²) in [6.45, 7) is 2.28. The van der Waals surface area contributed by atoms with E-state index in [1.54, 1.807) is 30.6 Å². The van der Waals surface area contributed by atoms with Crippen molar-refractivity contribution in [1.29, 1.82) is 5.26 Å². The van der Waals surface area contributed by atoms with Crippen molar-refractivity contribution in [3.05, 3.63) is 93.2 Å². The van der Waals surface area contributed by atoms with Crippen molar-refractivity contribution < 1.29 is 9.53 Å². The second-order valence-corrected chi connectivity index (χ2v) is 7.02. The molecule has 2 aromatic carbocycles. The van der Waals surface area contributed by atoms with Crippen LogP contribution in [-0.2, 0) is 13.0 Å². The van der Waals surface area contributed by atoms with Crippen LogP contribution < -0.4 is 4.74 Å². The standard InChI is InChI=1S/C22H17BrN2O2/c1-15-4-5-17(20(23)9-15)10-21(26)18-6-7-19(12-24)22(11-18)27-14-16-3-2-8-25-13-16/h2-9,11,13H,10,14H2,1H3. The van der Waals surface area contributed by atoms with E-state index in [1.165, 1.54) is 0 Å². The van der Waals surface area contributed by atoms with Gasteiger partial charge in [0.15, 0.2) is 5.78 Å². The predicted molar refractivity (Wildman–Crippen MR) is 107 cm³/mol. The van der Waals surface area contributed by atoms with E-state index in [2.05, 4.69) is 27.0 Å². The van der Waals surface area contributed by atoms with Gasteiger partial charge in [0, 0.05) is 34.4 Å². The molecule has 0 saturated carbocycles. The summed E-state index contributed by atoms with van der Waals surface area (Å²) in [5.41, 5.74) is 3.85. The number of Topliss-reactive ketones (excluding diaryl/α,β-unsaturated/α-hetero) is 1. The first kappa shape index (κ1) is 18.8. The van der Waals surface area contributed by atoms with Crippen LogP contribution in [0.3, 0.4) is 0 Å². The van der Waals surface area contributed by atoms with Crippen molar-refractivity contribution in [3.8, 4) is 11.8 Å². The van der Waals surface area contributed by atoms with E-state index in [0.29, 0.717) is 16.9 Å². The number of nitriles is 1. The number of halogens is 1. The summed E-state index contributed by atoms with van der Waals surface area (Å²) in [5, 5.41) is 9.31. The van der Waals surface area contributed by atoms with Crippen molar-refractivity contribution in [2.24, 2.45) is 0 Å². The van der Waals surface area contributed by atoms with E-state index < -0.39 is 0 Å². The van der Waals surface area contributed by atoms with Gasteiger partial charge in [-0.2, -0.15) is 5.26 Å². The highest BCUT2D eigenvalue weighted by atomic mass is 79.9. The first-order valence-electron chi connectivity index (χ1n) is 8.41. The fraction of sp³-hybridized carbons (Fsp3) is 0.136. The van der Waals surface area contributed by atoms with Gasteiger partial charge in [-0.1, -0.05) is 34.1 Å². The van der Waals surface area contributed by atoms with Crippen LogP contribution in [0.5, 0.6) is 5.75 Å². The number of carbonyl (C=O) groups excluding carboxylic acids is 1. The van der Waals surface area contributed by atoms with Gasteiger partial charge in [0.2, 0.25) is 0 Å². The molecular weight excluding hydrogens is 404 g/mol. The lowest BCUT2D eigenvalue weighted by molar-refractivity contribution is 0.0992. The van der Waals surface area contributed by atoms with E-state index in [-0.39, 0.29) is 18.8 Å². The van der Waals surface area contributed by atoms with Gasteiger partial charge >= 0.3 is 0 Å². The van der Waals surface area contributed by atoms with Crippen LogP contribution in [0.25, 0.3) is 0 Å². The minimum atomic E-state index is -0.0322. The van der Waals surface area contributed by atoms with Crippen molar-refractivity contribution in [3.63, 3.8) is 0 Å². The molecule has 5 heteroatoms. The van der Waals surface area contributed by atoms with Gasteiger partial charge in [0.1, 0.15) is 18.4 Å². The number of benzene rings is 2. The molecule has 0 atom stereocenters. The Kier molecular flexibility index (Phi) is 6.00. The molecule has 3 aromatic rings. The van der Waals surface area contributed by atoms with Crippen LogP contribution in [0, 0.1) is 18.3 Å². The van der Waals surface area contributed by atoms with Crippen LogP contribution in [-0.4, -0.2) is 10.8 Å². The molecule has 1 heterocycles. The highest BCUT2D eigenvalue weighted by molar-refractivity contribution is 9.10. The minimum Gasteiger partial charge on any atom is -0.487 e. The summed E-state index contributed by atoms with van der Waals surface area (Å²) < 4.78 is 6.68. The highest BCUT2D eigenvalue weighted by Gasteiger charge is 2.13. The fourth-order valence-electron chi connectivity index (χ4n) is 2.62. The van der Waals surface area contributed by atoms with E-state index in [4.69, 9.17) is 4.74 Å². The molecule has 0 radical (unpaired) electrons. The Hall–Kier alpha value is -2.97. The number of aromatic nitrogens is 1. The molecule has 0 unspecified atom stereocenters. The van der Waals surface area contributed by atoms with Crippen LogP contribution in [0.4, 0.5) is 0 Å². The number of hydrogen-bond acceptors (Lipinski definition) is 4. The lowest BCUT2D eigenvalue weighted by Crippen LogP contribution is -2.06. The van der Waals surface area contributed by atoms with Gasteiger partial charge < -0.3 is 4.74 Å². The number of carbonyl (C=O) groups is 1. The zero-order chi connectivity index (χ0) is 19.2. The highest BCUT2D eigenvalue weighted by Crippen LogP contribution is 2.24. The van der Waals surface area contributed by atoms with Gasteiger partial charge in [-0.15, -0.1) is 0 Å². The minimum absolute atomic E-state index is 0.0322. The molecular formula is C22H17BrN2O2. The summed E-state index contributed by atoms with van der Waals surface area (Å²) in [7, 11) is 0. The Morgan fingerprint density at radius 1 is 1.22 bits per heavy atom. The number of nitrogens with zero attached hydrogens (tertiary/aromatic N) is 2. The van der Waals surface area contributed by atoms with E-state index in [9.17, 15) is 10.1 Å². The third kappa shape index (κ3) is 4.81. The van der Waals surface area contributed by atoms with Crippen LogP contribution in [0.15, 0.2) is 65.4 Å². The Morgan fingerprint density at radius 2 is 2.07 bits per heavy atom. The third-order valence-corrected chi connectivity index (χ3v) is 4.84. The van der Waals surface area contributed by atoms with Crippen molar-refractivity contribution in [1.82, 2.24) is 4.98 Å². The molecule has 27 heavy (non-hydrogen) atoms. The molecule has 0 aliphatic carbocycles. The van der Waals surface area contributed by atoms with Crippen molar-refractivity contribution in [2.45, 2.75) is 20.0 Å². The number of rotatable bonds is 6. The molecule has 134 valence electrons. The molecule has 0 saturated heterocycles. The predicted octanol–water partition coefficient (Wildman–Crippen LogP) is 5.03. The third-order valence-electron chi connectivity index (χ3n) is 4.10.